The summed E-state index contributed by atoms with van der Waals surface area (Å²) in [6, 6.07) is 0.617. The molecule has 0 saturated carbocycles. The molecule has 90 valence electrons. The highest BCUT2D eigenvalue weighted by molar-refractivity contribution is 4.83. The molecule has 0 aromatic rings. The Hall–Kier alpha value is -0.0800. The number of rotatable bonds is 4. The molecule has 1 aliphatic rings. The average Bonchev–Trinajstić information content (AvgIpc) is 2.51. The van der Waals surface area contributed by atoms with E-state index in [0.29, 0.717) is 11.5 Å². The van der Waals surface area contributed by atoms with Gasteiger partial charge in [0.05, 0.1) is 0 Å². The van der Waals surface area contributed by atoms with E-state index in [0.717, 1.165) is 12.5 Å². The van der Waals surface area contributed by atoms with E-state index >= 15 is 0 Å². The van der Waals surface area contributed by atoms with Crippen LogP contribution < -0.4 is 5.32 Å². The summed E-state index contributed by atoms with van der Waals surface area (Å²) in [4.78, 5) is 2.60. The lowest BCUT2D eigenvalue weighted by Gasteiger charge is -2.27. The highest BCUT2D eigenvalue weighted by Gasteiger charge is 2.31. The van der Waals surface area contributed by atoms with E-state index in [4.69, 9.17) is 0 Å². The van der Waals surface area contributed by atoms with E-state index in [1.165, 1.54) is 26.1 Å². The van der Waals surface area contributed by atoms with Crippen LogP contribution in [-0.4, -0.2) is 37.1 Å². The van der Waals surface area contributed by atoms with Gasteiger partial charge in [-0.05, 0) is 24.3 Å². The molecular formula is C13H28N2. The molecule has 2 heteroatoms. The van der Waals surface area contributed by atoms with Crippen molar-refractivity contribution >= 4 is 0 Å². The first-order valence-electron chi connectivity index (χ1n) is 6.35. The van der Waals surface area contributed by atoms with Gasteiger partial charge in [-0.3, -0.25) is 0 Å². The van der Waals surface area contributed by atoms with Crippen molar-refractivity contribution in [2.75, 3.05) is 26.2 Å². The average molecular weight is 212 g/mol. The molecule has 1 saturated heterocycles. The summed E-state index contributed by atoms with van der Waals surface area (Å²) in [5.41, 5.74) is 0.486. The maximum Gasteiger partial charge on any atom is 0.0107 e. The standard InChI is InChI=1S/C13H28N2/c1-11(2)14-7-9-15-8-6-12(10-15)13(3,4)5/h11-12,14H,6-10H2,1-5H3. The van der Waals surface area contributed by atoms with Gasteiger partial charge >= 0.3 is 0 Å². The Labute approximate surface area is 95.4 Å². The Morgan fingerprint density at radius 1 is 1.33 bits per heavy atom. The van der Waals surface area contributed by atoms with Crippen molar-refractivity contribution in [3.8, 4) is 0 Å². The summed E-state index contributed by atoms with van der Waals surface area (Å²) in [5, 5.41) is 3.48. The quantitative estimate of drug-likeness (QED) is 0.769. The minimum absolute atomic E-state index is 0.486. The lowest BCUT2D eigenvalue weighted by atomic mass is 9.80. The van der Waals surface area contributed by atoms with Gasteiger partial charge in [0.2, 0.25) is 0 Å². The minimum atomic E-state index is 0.486. The van der Waals surface area contributed by atoms with Crippen molar-refractivity contribution in [1.29, 1.82) is 0 Å². The molecule has 1 heterocycles. The van der Waals surface area contributed by atoms with Gasteiger partial charge in [-0.15, -0.1) is 0 Å². The van der Waals surface area contributed by atoms with E-state index in [1.807, 2.05) is 0 Å². The van der Waals surface area contributed by atoms with Gasteiger partial charge in [0.1, 0.15) is 0 Å². The van der Waals surface area contributed by atoms with Crippen molar-refractivity contribution in [1.82, 2.24) is 10.2 Å². The number of nitrogens with zero attached hydrogens (tertiary/aromatic N) is 1. The topological polar surface area (TPSA) is 15.3 Å². The van der Waals surface area contributed by atoms with Crippen molar-refractivity contribution in [3.63, 3.8) is 0 Å². The van der Waals surface area contributed by atoms with Crippen LogP contribution in [0.25, 0.3) is 0 Å². The van der Waals surface area contributed by atoms with Gasteiger partial charge in [-0.2, -0.15) is 0 Å². The molecule has 15 heavy (non-hydrogen) atoms. The van der Waals surface area contributed by atoms with Gasteiger partial charge in [0.15, 0.2) is 0 Å². The summed E-state index contributed by atoms with van der Waals surface area (Å²) in [7, 11) is 0. The first-order valence-corrected chi connectivity index (χ1v) is 6.35. The van der Waals surface area contributed by atoms with E-state index < -0.39 is 0 Å². The molecule has 0 aromatic carbocycles. The fourth-order valence-electron chi connectivity index (χ4n) is 2.25. The van der Waals surface area contributed by atoms with Gasteiger partial charge in [0.25, 0.3) is 0 Å². The fraction of sp³-hybridized carbons (Fsp3) is 1.00. The Balaban J connectivity index is 2.19. The lowest BCUT2D eigenvalue weighted by Crippen LogP contribution is -2.34. The summed E-state index contributed by atoms with van der Waals surface area (Å²) < 4.78 is 0. The van der Waals surface area contributed by atoms with Crippen LogP contribution in [0, 0.1) is 11.3 Å². The normalized spacial score (nSPS) is 24.0. The third-order valence-electron chi connectivity index (χ3n) is 3.48. The molecule has 0 spiro atoms. The zero-order valence-electron chi connectivity index (χ0n) is 11.1. The predicted octanol–water partition coefficient (Wildman–Crippen LogP) is 2.35. The molecule has 1 fully saturated rings. The van der Waals surface area contributed by atoms with Crippen LogP contribution in [0.2, 0.25) is 0 Å². The van der Waals surface area contributed by atoms with Crippen molar-refractivity contribution in [2.45, 2.75) is 47.1 Å². The molecule has 1 atom stereocenters. The van der Waals surface area contributed by atoms with Gasteiger partial charge in [0, 0.05) is 25.7 Å². The highest BCUT2D eigenvalue weighted by Crippen LogP contribution is 2.33. The molecule has 1 N–H and O–H groups in total. The van der Waals surface area contributed by atoms with E-state index in [1.54, 1.807) is 0 Å². The molecule has 0 aromatic heterocycles. The van der Waals surface area contributed by atoms with Gasteiger partial charge in [-0.25, -0.2) is 0 Å². The maximum atomic E-state index is 3.48. The number of nitrogens with one attached hydrogen (secondary N) is 1. The Morgan fingerprint density at radius 2 is 2.00 bits per heavy atom. The summed E-state index contributed by atoms with van der Waals surface area (Å²) in [5.74, 6) is 0.886. The lowest BCUT2D eigenvalue weighted by molar-refractivity contribution is 0.228. The SMILES string of the molecule is CC(C)NCCN1CCC(C(C)(C)C)C1. The van der Waals surface area contributed by atoms with Crippen LogP contribution in [0.5, 0.6) is 0 Å². The fourth-order valence-corrected chi connectivity index (χ4v) is 2.25. The Kier molecular flexibility index (Phi) is 4.60. The number of likely N-dealkylation sites (tertiary alicyclic amines) is 1. The molecule has 0 radical (unpaired) electrons. The monoisotopic (exact) mass is 212 g/mol. The third kappa shape index (κ3) is 4.52. The number of hydrogen-bond acceptors (Lipinski definition) is 2. The summed E-state index contributed by atoms with van der Waals surface area (Å²) >= 11 is 0. The second kappa shape index (κ2) is 5.31. The van der Waals surface area contributed by atoms with Crippen LogP contribution in [0.15, 0.2) is 0 Å². The van der Waals surface area contributed by atoms with Crippen LogP contribution >= 0.6 is 0 Å². The highest BCUT2D eigenvalue weighted by atomic mass is 15.2. The largest absolute Gasteiger partial charge is 0.313 e. The zero-order chi connectivity index (χ0) is 11.5. The van der Waals surface area contributed by atoms with Crippen molar-refractivity contribution in [3.05, 3.63) is 0 Å². The van der Waals surface area contributed by atoms with E-state index in [9.17, 15) is 0 Å². The molecule has 0 amide bonds. The molecule has 0 bridgehead atoms. The maximum absolute atomic E-state index is 3.48. The summed E-state index contributed by atoms with van der Waals surface area (Å²) in [6.45, 7) is 16.5. The first-order chi connectivity index (χ1) is 6.89. The second-order valence-corrected chi connectivity index (χ2v) is 6.26. The van der Waals surface area contributed by atoms with E-state index in [-0.39, 0.29) is 0 Å². The molecule has 0 aliphatic carbocycles. The van der Waals surface area contributed by atoms with Gasteiger partial charge in [-0.1, -0.05) is 34.6 Å². The molecule has 2 nitrogen and oxygen atoms in total. The molecule has 1 aliphatic heterocycles. The molecule has 1 rings (SSSR count). The van der Waals surface area contributed by atoms with Crippen LogP contribution in [0.3, 0.4) is 0 Å². The second-order valence-electron chi connectivity index (χ2n) is 6.26. The van der Waals surface area contributed by atoms with Crippen LogP contribution in [0.1, 0.15) is 41.0 Å². The molecule has 1 unspecified atom stereocenters. The molecular weight excluding hydrogens is 184 g/mol. The van der Waals surface area contributed by atoms with Crippen molar-refractivity contribution < 1.29 is 0 Å². The minimum Gasteiger partial charge on any atom is -0.313 e. The van der Waals surface area contributed by atoms with Gasteiger partial charge < -0.3 is 10.2 Å². The third-order valence-corrected chi connectivity index (χ3v) is 3.48. The Bertz CT molecular complexity index is 181. The smallest absolute Gasteiger partial charge is 0.0107 e. The van der Waals surface area contributed by atoms with E-state index in [2.05, 4.69) is 44.8 Å². The predicted molar refractivity (Wildman–Crippen MR) is 67.1 cm³/mol. The van der Waals surface area contributed by atoms with Crippen molar-refractivity contribution in [2.24, 2.45) is 11.3 Å². The zero-order valence-corrected chi connectivity index (χ0v) is 11.1. The van der Waals surface area contributed by atoms with Crippen LogP contribution in [-0.2, 0) is 0 Å². The number of hydrogen-bond donors (Lipinski definition) is 1. The first kappa shape index (κ1) is 13.0. The Morgan fingerprint density at radius 3 is 2.47 bits per heavy atom. The van der Waals surface area contributed by atoms with Crippen LogP contribution in [0.4, 0.5) is 0 Å². The summed E-state index contributed by atoms with van der Waals surface area (Å²) in [6.07, 6.45) is 1.38.